The lowest BCUT2D eigenvalue weighted by molar-refractivity contribution is -0.135. The fraction of sp³-hybridized carbons (Fsp3) is 0.263. The monoisotopic (exact) mass is 344 g/mol. The molecule has 5 heteroatoms. The SMILES string of the molecule is CC(=O)N(CC(=O)NCc1ccccc1C)Cc1ccccc1Cl. The molecule has 2 rings (SSSR count). The van der Waals surface area contributed by atoms with Crippen LogP contribution >= 0.6 is 11.6 Å². The maximum Gasteiger partial charge on any atom is 0.239 e. The molecule has 1 N–H and O–H groups in total. The van der Waals surface area contributed by atoms with Gasteiger partial charge in [-0.15, -0.1) is 0 Å². The number of aryl methyl sites for hydroxylation is 1. The molecule has 0 radical (unpaired) electrons. The number of carbonyl (C=O) groups is 2. The summed E-state index contributed by atoms with van der Waals surface area (Å²) in [5, 5.41) is 3.45. The molecular weight excluding hydrogens is 324 g/mol. The van der Waals surface area contributed by atoms with Crippen LogP contribution in [-0.4, -0.2) is 23.3 Å². The number of rotatable bonds is 6. The van der Waals surface area contributed by atoms with E-state index in [1.807, 2.05) is 49.4 Å². The molecule has 0 saturated carbocycles. The highest BCUT2D eigenvalue weighted by molar-refractivity contribution is 6.31. The summed E-state index contributed by atoms with van der Waals surface area (Å²) in [6.45, 7) is 4.22. The largest absolute Gasteiger partial charge is 0.350 e. The highest BCUT2D eigenvalue weighted by atomic mass is 35.5. The summed E-state index contributed by atoms with van der Waals surface area (Å²) in [4.78, 5) is 25.5. The van der Waals surface area contributed by atoms with E-state index >= 15 is 0 Å². The van der Waals surface area contributed by atoms with Gasteiger partial charge in [-0.25, -0.2) is 0 Å². The van der Waals surface area contributed by atoms with Crippen LogP contribution in [0.5, 0.6) is 0 Å². The number of benzene rings is 2. The molecule has 126 valence electrons. The first-order valence-electron chi connectivity index (χ1n) is 7.77. The van der Waals surface area contributed by atoms with E-state index in [1.165, 1.54) is 11.8 Å². The van der Waals surface area contributed by atoms with Crippen LogP contribution < -0.4 is 5.32 Å². The Morgan fingerprint density at radius 2 is 1.67 bits per heavy atom. The van der Waals surface area contributed by atoms with E-state index < -0.39 is 0 Å². The minimum atomic E-state index is -0.194. The zero-order valence-corrected chi connectivity index (χ0v) is 14.6. The molecule has 4 nitrogen and oxygen atoms in total. The van der Waals surface area contributed by atoms with Gasteiger partial charge in [-0.05, 0) is 29.7 Å². The summed E-state index contributed by atoms with van der Waals surface area (Å²) in [5.74, 6) is -0.360. The van der Waals surface area contributed by atoms with Crippen LogP contribution in [-0.2, 0) is 22.7 Å². The number of nitrogens with one attached hydrogen (secondary N) is 1. The molecule has 0 aliphatic rings. The van der Waals surface area contributed by atoms with E-state index in [-0.39, 0.29) is 18.4 Å². The van der Waals surface area contributed by atoms with Gasteiger partial charge in [-0.2, -0.15) is 0 Å². The number of halogens is 1. The van der Waals surface area contributed by atoms with Crippen molar-refractivity contribution in [3.63, 3.8) is 0 Å². The first-order valence-corrected chi connectivity index (χ1v) is 8.15. The van der Waals surface area contributed by atoms with Crippen molar-refractivity contribution in [3.05, 3.63) is 70.2 Å². The maximum absolute atomic E-state index is 12.2. The predicted molar refractivity (Wildman–Crippen MR) is 95.6 cm³/mol. The lowest BCUT2D eigenvalue weighted by Crippen LogP contribution is -2.39. The smallest absolute Gasteiger partial charge is 0.239 e. The van der Waals surface area contributed by atoms with Gasteiger partial charge in [0, 0.05) is 25.0 Å². The zero-order chi connectivity index (χ0) is 17.5. The Morgan fingerprint density at radius 3 is 2.29 bits per heavy atom. The van der Waals surface area contributed by atoms with Gasteiger partial charge in [0.25, 0.3) is 0 Å². The van der Waals surface area contributed by atoms with E-state index in [0.717, 1.165) is 16.7 Å². The Labute approximate surface area is 147 Å². The molecule has 0 aromatic heterocycles. The number of carbonyl (C=O) groups excluding carboxylic acids is 2. The van der Waals surface area contributed by atoms with Gasteiger partial charge < -0.3 is 10.2 Å². The van der Waals surface area contributed by atoms with Crippen molar-refractivity contribution in [2.24, 2.45) is 0 Å². The average molecular weight is 345 g/mol. The van der Waals surface area contributed by atoms with Gasteiger partial charge in [0.05, 0.1) is 6.54 Å². The highest BCUT2D eigenvalue weighted by Crippen LogP contribution is 2.17. The Morgan fingerprint density at radius 1 is 1.04 bits per heavy atom. The van der Waals surface area contributed by atoms with Gasteiger partial charge >= 0.3 is 0 Å². The van der Waals surface area contributed by atoms with Gasteiger partial charge in [-0.1, -0.05) is 54.1 Å². The highest BCUT2D eigenvalue weighted by Gasteiger charge is 2.15. The predicted octanol–water partition coefficient (Wildman–Crippen LogP) is 3.31. The van der Waals surface area contributed by atoms with E-state index in [2.05, 4.69) is 5.32 Å². The lowest BCUT2D eigenvalue weighted by atomic mass is 10.1. The second-order valence-electron chi connectivity index (χ2n) is 5.67. The molecule has 0 aliphatic heterocycles. The molecule has 0 atom stereocenters. The van der Waals surface area contributed by atoms with E-state index in [0.29, 0.717) is 18.1 Å². The lowest BCUT2D eigenvalue weighted by Gasteiger charge is -2.21. The Hall–Kier alpha value is -2.33. The van der Waals surface area contributed by atoms with Gasteiger partial charge in [0.2, 0.25) is 11.8 Å². The van der Waals surface area contributed by atoms with Crippen molar-refractivity contribution in [2.45, 2.75) is 26.9 Å². The Kier molecular flexibility index (Phi) is 6.38. The standard InChI is InChI=1S/C19H21ClN2O2/c1-14-7-3-4-8-16(14)11-21-19(24)13-22(15(2)23)12-17-9-5-6-10-18(17)20/h3-10H,11-13H2,1-2H3,(H,21,24). The molecule has 24 heavy (non-hydrogen) atoms. The molecule has 0 bridgehead atoms. The molecule has 2 amide bonds. The van der Waals surface area contributed by atoms with Gasteiger partial charge in [-0.3, -0.25) is 9.59 Å². The van der Waals surface area contributed by atoms with Crippen LogP contribution in [0, 0.1) is 6.92 Å². The molecule has 0 spiro atoms. The quantitative estimate of drug-likeness (QED) is 0.874. The van der Waals surface area contributed by atoms with Crippen LogP contribution in [0.1, 0.15) is 23.6 Å². The van der Waals surface area contributed by atoms with Crippen molar-refractivity contribution in [2.75, 3.05) is 6.54 Å². The molecule has 0 saturated heterocycles. The van der Waals surface area contributed by atoms with Crippen LogP contribution in [0.2, 0.25) is 5.02 Å². The van der Waals surface area contributed by atoms with Crippen LogP contribution in [0.3, 0.4) is 0 Å². The summed E-state index contributed by atoms with van der Waals surface area (Å²) in [5.41, 5.74) is 3.00. The number of hydrogen-bond donors (Lipinski definition) is 1. The minimum absolute atomic E-state index is 0.00639. The Balaban J connectivity index is 1.95. The van der Waals surface area contributed by atoms with Crippen LogP contribution in [0.15, 0.2) is 48.5 Å². The van der Waals surface area contributed by atoms with Crippen molar-refractivity contribution < 1.29 is 9.59 Å². The molecule has 0 unspecified atom stereocenters. The summed E-state index contributed by atoms with van der Waals surface area (Å²) in [6.07, 6.45) is 0. The van der Waals surface area contributed by atoms with E-state index in [1.54, 1.807) is 6.07 Å². The van der Waals surface area contributed by atoms with E-state index in [9.17, 15) is 9.59 Å². The van der Waals surface area contributed by atoms with Gasteiger partial charge in [0.15, 0.2) is 0 Å². The third-order valence-electron chi connectivity index (χ3n) is 3.84. The maximum atomic E-state index is 12.2. The number of hydrogen-bond acceptors (Lipinski definition) is 2. The van der Waals surface area contributed by atoms with Gasteiger partial charge in [0.1, 0.15) is 0 Å². The summed E-state index contributed by atoms with van der Waals surface area (Å²) in [6, 6.07) is 15.2. The molecule has 0 fully saturated rings. The average Bonchev–Trinajstić information content (AvgIpc) is 2.55. The first kappa shape index (κ1) is 18.0. The number of nitrogens with zero attached hydrogens (tertiary/aromatic N) is 1. The summed E-state index contributed by atoms with van der Waals surface area (Å²) >= 11 is 6.13. The second-order valence-corrected chi connectivity index (χ2v) is 6.08. The van der Waals surface area contributed by atoms with Crippen LogP contribution in [0.4, 0.5) is 0 Å². The number of amides is 2. The van der Waals surface area contributed by atoms with Crippen molar-refractivity contribution in [1.29, 1.82) is 0 Å². The molecule has 0 aliphatic carbocycles. The fourth-order valence-corrected chi connectivity index (χ4v) is 2.54. The van der Waals surface area contributed by atoms with Crippen molar-refractivity contribution >= 4 is 23.4 Å². The topological polar surface area (TPSA) is 49.4 Å². The molecule has 2 aromatic rings. The van der Waals surface area contributed by atoms with E-state index in [4.69, 9.17) is 11.6 Å². The Bertz CT molecular complexity index is 731. The fourth-order valence-electron chi connectivity index (χ4n) is 2.34. The molecule has 0 heterocycles. The molecule has 2 aromatic carbocycles. The summed E-state index contributed by atoms with van der Waals surface area (Å²) in [7, 11) is 0. The second kappa shape index (κ2) is 8.50. The minimum Gasteiger partial charge on any atom is -0.350 e. The third-order valence-corrected chi connectivity index (χ3v) is 4.20. The molecular formula is C19H21ClN2O2. The van der Waals surface area contributed by atoms with Crippen molar-refractivity contribution in [3.8, 4) is 0 Å². The normalized spacial score (nSPS) is 10.3. The van der Waals surface area contributed by atoms with Crippen LogP contribution in [0.25, 0.3) is 0 Å². The zero-order valence-electron chi connectivity index (χ0n) is 13.9. The summed E-state index contributed by atoms with van der Waals surface area (Å²) < 4.78 is 0. The first-order chi connectivity index (χ1) is 11.5. The third kappa shape index (κ3) is 5.10. The van der Waals surface area contributed by atoms with Crippen molar-refractivity contribution in [1.82, 2.24) is 10.2 Å².